The number of nitrogens with zero attached hydrogens (tertiary/aromatic N) is 2. The molecule has 0 atom stereocenters. The van der Waals surface area contributed by atoms with Gasteiger partial charge in [-0.25, -0.2) is 0 Å². The molecule has 1 aromatic heterocycles. The number of nitriles is 1. The molecule has 2 aromatic rings. The standard InChI is InChI=1S/C18H21N3O2/c1-22-9-10-23-16-6-4-5-14(11-16)17-12-15(13-19)18(20-17)21-7-2-3-8-21/h4-6,11-12,20H,2-3,7-10H2,1H3. The molecular formula is C18H21N3O2. The summed E-state index contributed by atoms with van der Waals surface area (Å²) in [6.07, 6.45) is 2.37. The smallest absolute Gasteiger partial charge is 0.124 e. The molecule has 1 aliphatic heterocycles. The van der Waals surface area contributed by atoms with E-state index in [9.17, 15) is 5.26 Å². The van der Waals surface area contributed by atoms with Crippen LogP contribution in [0.25, 0.3) is 11.3 Å². The van der Waals surface area contributed by atoms with Crippen LogP contribution in [0.1, 0.15) is 18.4 Å². The van der Waals surface area contributed by atoms with Gasteiger partial charge in [-0.2, -0.15) is 5.26 Å². The first-order valence-electron chi connectivity index (χ1n) is 7.92. The van der Waals surface area contributed by atoms with Crippen LogP contribution < -0.4 is 9.64 Å². The van der Waals surface area contributed by atoms with Crippen molar-refractivity contribution in [1.82, 2.24) is 4.98 Å². The normalized spacial score (nSPS) is 14.0. The summed E-state index contributed by atoms with van der Waals surface area (Å²) in [5, 5.41) is 9.40. The van der Waals surface area contributed by atoms with Crippen molar-refractivity contribution in [2.24, 2.45) is 0 Å². The molecule has 1 aliphatic rings. The average molecular weight is 311 g/mol. The number of H-pyrrole nitrogens is 1. The van der Waals surface area contributed by atoms with E-state index in [0.29, 0.717) is 18.8 Å². The number of hydrogen-bond acceptors (Lipinski definition) is 4. The van der Waals surface area contributed by atoms with Gasteiger partial charge in [0, 0.05) is 31.5 Å². The minimum absolute atomic E-state index is 0.521. The van der Waals surface area contributed by atoms with Crippen LogP contribution in [0.4, 0.5) is 5.82 Å². The van der Waals surface area contributed by atoms with E-state index in [4.69, 9.17) is 9.47 Å². The van der Waals surface area contributed by atoms with E-state index in [1.54, 1.807) is 7.11 Å². The Morgan fingerprint density at radius 2 is 2.04 bits per heavy atom. The highest BCUT2D eigenvalue weighted by molar-refractivity contribution is 5.70. The van der Waals surface area contributed by atoms with Gasteiger partial charge in [-0.1, -0.05) is 12.1 Å². The predicted molar refractivity (Wildman–Crippen MR) is 89.8 cm³/mol. The molecule has 1 saturated heterocycles. The van der Waals surface area contributed by atoms with Crippen LogP contribution in [-0.2, 0) is 4.74 Å². The average Bonchev–Trinajstić information content (AvgIpc) is 3.24. The molecule has 1 aromatic carbocycles. The monoisotopic (exact) mass is 311 g/mol. The lowest BCUT2D eigenvalue weighted by Gasteiger charge is -2.15. The van der Waals surface area contributed by atoms with E-state index in [0.717, 1.165) is 35.9 Å². The molecule has 0 saturated carbocycles. The SMILES string of the molecule is COCCOc1cccc(-c2cc(C#N)c(N3CCCC3)[nH]2)c1. The van der Waals surface area contributed by atoms with Crippen LogP contribution in [0.3, 0.4) is 0 Å². The number of aromatic nitrogens is 1. The molecule has 0 amide bonds. The first-order chi connectivity index (χ1) is 11.3. The second-order valence-corrected chi connectivity index (χ2v) is 5.62. The van der Waals surface area contributed by atoms with Crippen LogP contribution in [0.15, 0.2) is 30.3 Å². The third-order valence-electron chi connectivity index (χ3n) is 4.04. The third-order valence-corrected chi connectivity index (χ3v) is 4.04. The lowest BCUT2D eigenvalue weighted by Crippen LogP contribution is -2.18. The summed E-state index contributed by atoms with van der Waals surface area (Å²) in [4.78, 5) is 5.66. The quantitative estimate of drug-likeness (QED) is 0.832. The zero-order valence-corrected chi connectivity index (χ0v) is 13.3. The molecule has 0 radical (unpaired) electrons. The van der Waals surface area contributed by atoms with Crippen molar-refractivity contribution in [3.63, 3.8) is 0 Å². The molecule has 1 N–H and O–H groups in total. The highest BCUT2D eigenvalue weighted by Crippen LogP contribution is 2.30. The Kier molecular flexibility index (Phi) is 4.84. The Balaban J connectivity index is 1.84. The van der Waals surface area contributed by atoms with Crippen LogP contribution >= 0.6 is 0 Å². The summed E-state index contributed by atoms with van der Waals surface area (Å²) < 4.78 is 10.7. The van der Waals surface area contributed by atoms with E-state index in [1.165, 1.54) is 12.8 Å². The van der Waals surface area contributed by atoms with E-state index in [-0.39, 0.29) is 0 Å². The molecule has 2 heterocycles. The highest BCUT2D eigenvalue weighted by Gasteiger charge is 2.19. The zero-order valence-electron chi connectivity index (χ0n) is 13.3. The number of hydrogen-bond donors (Lipinski definition) is 1. The van der Waals surface area contributed by atoms with E-state index in [1.807, 2.05) is 30.3 Å². The van der Waals surface area contributed by atoms with Crippen LogP contribution in [0.5, 0.6) is 5.75 Å². The first kappa shape index (κ1) is 15.4. The maximum Gasteiger partial charge on any atom is 0.124 e. The number of anilines is 1. The summed E-state index contributed by atoms with van der Waals surface area (Å²) in [6.45, 7) is 3.10. The van der Waals surface area contributed by atoms with Crippen LogP contribution in [0, 0.1) is 11.3 Å². The van der Waals surface area contributed by atoms with Crippen molar-refractivity contribution < 1.29 is 9.47 Å². The van der Waals surface area contributed by atoms with Gasteiger partial charge in [-0.3, -0.25) is 0 Å². The Bertz CT molecular complexity index is 697. The van der Waals surface area contributed by atoms with Gasteiger partial charge in [0.25, 0.3) is 0 Å². The third kappa shape index (κ3) is 3.49. The van der Waals surface area contributed by atoms with Gasteiger partial charge >= 0.3 is 0 Å². The number of aromatic amines is 1. The molecule has 1 fully saturated rings. The van der Waals surface area contributed by atoms with Crippen molar-refractivity contribution in [3.05, 3.63) is 35.9 Å². The topological polar surface area (TPSA) is 61.3 Å². The van der Waals surface area contributed by atoms with Gasteiger partial charge in [0.2, 0.25) is 0 Å². The Hall–Kier alpha value is -2.45. The summed E-state index contributed by atoms with van der Waals surface area (Å²) in [5.74, 6) is 1.74. The highest BCUT2D eigenvalue weighted by atomic mass is 16.5. The molecule has 0 bridgehead atoms. The predicted octanol–water partition coefficient (Wildman–Crippen LogP) is 3.18. The molecule has 3 rings (SSSR count). The molecule has 0 unspecified atom stereocenters. The zero-order chi connectivity index (χ0) is 16.1. The minimum atomic E-state index is 0.521. The van der Waals surface area contributed by atoms with E-state index < -0.39 is 0 Å². The molecule has 0 aliphatic carbocycles. The molecule has 120 valence electrons. The molecule has 5 nitrogen and oxygen atoms in total. The van der Waals surface area contributed by atoms with Gasteiger partial charge in [0.05, 0.1) is 12.2 Å². The number of nitrogens with one attached hydrogen (secondary N) is 1. The van der Waals surface area contributed by atoms with Crippen molar-refractivity contribution in [2.45, 2.75) is 12.8 Å². The first-order valence-corrected chi connectivity index (χ1v) is 7.92. The summed E-state index contributed by atoms with van der Waals surface area (Å²) >= 11 is 0. The van der Waals surface area contributed by atoms with Crippen molar-refractivity contribution in [3.8, 4) is 23.1 Å². The summed E-state index contributed by atoms with van der Waals surface area (Å²) in [7, 11) is 1.65. The number of ether oxygens (including phenoxy) is 2. The van der Waals surface area contributed by atoms with E-state index >= 15 is 0 Å². The van der Waals surface area contributed by atoms with Crippen LogP contribution in [0.2, 0.25) is 0 Å². The summed E-state index contributed by atoms with van der Waals surface area (Å²) in [6, 6.07) is 12.1. The maximum absolute atomic E-state index is 9.40. The fourth-order valence-electron chi connectivity index (χ4n) is 2.87. The number of rotatable bonds is 6. The lowest BCUT2D eigenvalue weighted by atomic mass is 10.1. The number of methoxy groups -OCH3 is 1. The lowest BCUT2D eigenvalue weighted by molar-refractivity contribution is 0.146. The molecule has 5 heteroatoms. The fourth-order valence-corrected chi connectivity index (χ4v) is 2.87. The van der Waals surface area contributed by atoms with Gasteiger partial charge in [0.15, 0.2) is 0 Å². The van der Waals surface area contributed by atoms with Crippen molar-refractivity contribution in [2.75, 3.05) is 38.3 Å². The largest absolute Gasteiger partial charge is 0.491 e. The number of benzene rings is 1. The van der Waals surface area contributed by atoms with Gasteiger partial charge in [-0.15, -0.1) is 0 Å². The fraction of sp³-hybridized carbons (Fsp3) is 0.389. The second-order valence-electron chi connectivity index (χ2n) is 5.62. The minimum Gasteiger partial charge on any atom is -0.491 e. The summed E-state index contributed by atoms with van der Waals surface area (Å²) in [5.41, 5.74) is 2.66. The van der Waals surface area contributed by atoms with Crippen molar-refractivity contribution >= 4 is 5.82 Å². The molecule has 23 heavy (non-hydrogen) atoms. The second kappa shape index (κ2) is 7.21. The van der Waals surface area contributed by atoms with Crippen LogP contribution in [-0.4, -0.2) is 38.4 Å². The Labute approximate surface area is 136 Å². The Morgan fingerprint density at radius 3 is 2.78 bits per heavy atom. The Morgan fingerprint density at radius 1 is 1.22 bits per heavy atom. The van der Waals surface area contributed by atoms with E-state index in [2.05, 4.69) is 16.0 Å². The molecular weight excluding hydrogens is 290 g/mol. The van der Waals surface area contributed by atoms with Gasteiger partial charge in [0.1, 0.15) is 24.2 Å². The van der Waals surface area contributed by atoms with Gasteiger partial charge in [-0.05, 0) is 31.0 Å². The van der Waals surface area contributed by atoms with Crippen molar-refractivity contribution in [1.29, 1.82) is 5.26 Å². The molecule has 0 spiro atoms. The van der Waals surface area contributed by atoms with Gasteiger partial charge < -0.3 is 19.4 Å². The maximum atomic E-state index is 9.40.